The van der Waals surface area contributed by atoms with Gasteiger partial charge in [0, 0.05) is 45.8 Å². The molecule has 1 unspecified atom stereocenters. The van der Waals surface area contributed by atoms with Gasteiger partial charge < -0.3 is 24.7 Å². The van der Waals surface area contributed by atoms with Crippen LogP contribution in [0.2, 0.25) is 0 Å². The van der Waals surface area contributed by atoms with Crippen molar-refractivity contribution in [1.82, 2.24) is 15.5 Å². The van der Waals surface area contributed by atoms with E-state index in [2.05, 4.69) is 20.5 Å². The van der Waals surface area contributed by atoms with Crippen molar-refractivity contribution in [3.8, 4) is 0 Å². The predicted octanol–water partition coefficient (Wildman–Crippen LogP) is 2.27. The number of ether oxygens (including phenoxy) is 1. The summed E-state index contributed by atoms with van der Waals surface area (Å²) in [5.74, 6) is 2.81. The second kappa shape index (κ2) is 10.6. The first kappa shape index (κ1) is 19.2. The summed E-state index contributed by atoms with van der Waals surface area (Å²) in [6, 6.07) is 4.42. The highest BCUT2D eigenvalue weighted by Crippen LogP contribution is 2.26. The lowest BCUT2D eigenvalue weighted by Gasteiger charge is -2.21. The van der Waals surface area contributed by atoms with Gasteiger partial charge in [0.1, 0.15) is 5.76 Å². The van der Waals surface area contributed by atoms with Gasteiger partial charge in [-0.05, 0) is 37.3 Å². The molecule has 1 atom stereocenters. The van der Waals surface area contributed by atoms with Crippen LogP contribution in [0.4, 0.5) is 0 Å². The number of likely N-dealkylation sites (tertiary alicyclic amines) is 1. The van der Waals surface area contributed by atoms with Gasteiger partial charge in [0.05, 0.1) is 19.4 Å². The van der Waals surface area contributed by atoms with Crippen molar-refractivity contribution in [3.63, 3.8) is 0 Å². The van der Waals surface area contributed by atoms with Crippen molar-refractivity contribution in [3.05, 3.63) is 24.2 Å². The Morgan fingerprint density at radius 2 is 2.23 bits per heavy atom. The molecule has 0 aromatic carbocycles. The molecule has 2 fully saturated rings. The van der Waals surface area contributed by atoms with Crippen LogP contribution in [0.5, 0.6) is 0 Å². The van der Waals surface area contributed by atoms with Gasteiger partial charge in [0.15, 0.2) is 5.96 Å². The summed E-state index contributed by atoms with van der Waals surface area (Å²) in [6.07, 6.45) is 9.47. The molecule has 3 rings (SSSR count). The third kappa shape index (κ3) is 6.32. The zero-order chi connectivity index (χ0) is 18.0. The molecule has 1 aliphatic heterocycles. The molecular formula is C20H34N4O2. The predicted molar refractivity (Wildman–Crippen MR) is 105 cm³/mol. The maximum absolute atomic E-state index is 5.40. The van der Waals surface area contributed by atoms with Gasteiger partial charge in [0.25, 0.3) is 0 Å². The maximum atomic E-state index is 5.40. The first-order valence-corrected chi connectivity index (χ1v) is 10.1. The van der Waals surface area contributed by atoms with E-state index in [0.29, 0.717) is 19.2 Å². The van der Waals surface area contributed by atoms with Gasteiger partial charge in [-0.25, -0.2) is 0 Å². The number of hydrogen-bond acceptors (Lipinski definition) is 4. The molecule has 2 N–H and O–H groups in total. The monoisotopic (exact) mass is 362 g/mol. The summed E-state index contributed by atoms with van der Waals surface area (Å²) < 4.78 is 10.5. The molecule has 6 heteroatoms. The minimum Gasteiger partial charge on any atom is -0.469 e. The minimum atomic E-state index is 0.480. The number of nitrogens with one attached hydrogen (secondary N) is 2. The Labute approximate surface area is 157 Å². The molecule has 1 aromatic heterocycles. The van der Waals surface area contributed by atoms with E-state index in [1.54, 1.807) is 13.4 Å². The van der Waals surface area contributed by atoms with E-state index in [9.17, 15) is 0 Å². The summed E-state index contributed by atoms with van der Waals surface area (Å²) in [5, 5.41) is 7.06. The number of hydrogen-bond donors (Lipinski definition) is 2. The van der Waals surface area contributed by atoms with Crippen LogP contribution in [0, 0.1) is 5.92 Å². The third-order valence-corrected chi connectivity index (χ3v) is 5.41. The van der Waals surface area contributed by atoms with Crippen molar-refractivity contribution in [2.75, 3.05) is 46.4 Å². The van der Waals surface area contributed by atoms with Crippen LogP contribution in [0.3, 0.4) is 0 Å². The van der Waals surface area contributed by atoms with Crippen LogP contribution in [0.1, 0.15) is 37.9 Å². The smallest absolute Gasteiger partial charge is 0.191 e. The van der Waals surface area contributed by atoms with Crippen LogP contribution in [0.15, 0.2) is 27.8 Å². The van der Waals surface area contributed by atoms with Gasteiger partial charge in [-0.3, -0.25) is 4.99 Å². The standard InChI is InChI=1S/C20H34N4O2/c1-25-14-11-22-20(21-10-8-19-7-4-13-26-19)23-18-9-12-24(16-18)15-17-5-2-3-6-17/h4,7,13,17-18H,2-3,5-6,8-12,14-16H2,1H3,(H2,21,22,23). The first-order chi connectivity index (χ1) is 12.8. The summed E-state index contributed by atoms with van der Waals surface area (Å²) in [4.78, 5) is 7.27. The number of methoxy groups -OCH3 is 1. The Balaban J connectivity index is 1.42. The van der Waals surface area contributed by atoms with Crippen LogP contribution in [0.25, 0.3) is 0 Å². The molecule has 1 saturated heterocycles. The maximum Gasteiger partial charge on any atom is 0.191 e. The molecule has 1 aromatic rings. The lowest BCUT2D eigenvalue weighted by molar-refractivity contribution is 0.208. The average Bonchev–Trinajstić information content (AvgIpc) is 3.39. The zero-order valence-corrected chi connectivity index (χ0v) is 16.1. The zero-order valence-electron chi connectivity index (χ0n) is 16.1. The topological polar surface area (TPSA) is 62.0 Å². The molecule has 1 aliphatic carbocycles. The average molecular weight is 363 g/mol. The highest BCUT2D eigenvalue weighted by molar-refractivity contribution is 5.80. The van der Waals surface area contributed by atoms with E-state index in [4.69, 9.17) is 9.15 Å². The van der Waals surface area contributed by atoms with Crippen molar-refractivity contribution < 1.29 is 9.15 Å². The van der Waals surface area contributed by atoms with Crippen molar-refractivity contribution >= 4 is 5.96 Å². The van der Waals surface area contributed by atoms with Crippen LogP contribution in [-0.4, -0.2) is 63.3 Å². The molecule has 0 amide bonds. The van der Waals surface area contributed by atoms with E-state index >= 15 is 0 Å². The second-order valence-corrected chi connectivity index (χ2v) is 7.52. The number of guanidine groups is 1. The Morgan fingerprint density at radius 3 is 3.00 bits per heavy atom. The Kier molecular flexibility index (Phi) is 7.83. The Bertz CT molecular complexity index is 526. The summed E-state index contributed by atoms with van der Waals surface area (Å²) >= 11 is 0. The first-order valence-electron chi connectivity index (χ1n) is 10.1. The molecule has 2 aliphatic rings. The molecule has 1 saturated carbocycles. The number of aliphatic imine (C=N–C) groups is 1. The lowest BCUT2D eigenvalue weighted by Crippen LogP contribution is -2.45. The molecule has 146 valence electrons. The fourth-order valence-corrected chi connectivity index (χ4v) is 4.03. The highest BCUT2D eigenvalue weighted by Gasteiger charge is 2.26. The van der Waals surface area contributed by atoms with Crippen molar-refractivity contribution in [2.45, 2.75) is 44.6 Å². The molecule has 2 heterocycles. The number of nitrogens with zero attached hydrogens (tertiary/aromatic N) is 2. The number of furan rings is 1. The SMILES string of the molecule is COCCN=C(NCCc1ccco1)NC1CCN(CC2CCCC2)C1. The molecule has 26 heavy (non-hydrogen) atoms. The fraction of sp³-hybridized carbons (Fsp3) is 0.750. The van der Waals surface area contributed by atoms with E-state index in [-0.39, 0.29) is 0 Å². The Morgan fingerprint density at radius 1 is 1.35 bits per heavy atom. The number of rotatable bonds is 9. The fourth-order valence-electron chi connectivity index (χ4n) is 4.03. The summed E-state index contributed by atoms with van der Waals surface area (Å²) in [7, 11) is 1.71. The lowest BCUT2D eigenvalue weighted by atomic mass is 10.1. The van der Waals surface area contributed by atoms with Crippen LogP contribution >= 0.6 is 0 Å². The van der Waals surface area contributed by atoms with Gasteiger partial charge in [-0.1, -0.05) is 12.8 Å². The molecule has 0 spiro atoms. The van der Waals surface area contributed by atoms with Gasteiger partial charge in [0.2, 0.25) is 0 Å². The molecule has 0 radical (unpaired) electrons. The van der Waals surface area contributed by atoms with Gasteiger partial charge in [-0.15, -0.1) is 0 Å². The summed E-state index contributed by atoms with van der Waals surface area (Å²) in [6.45, 7) is 5.73. The largest absolute Gasteiger partial charge is 0.469 e. The van der Waals surface area contributed by atoms with Gasteiger partial charge in [-0.2, -0.15) is 0 Å². The minimum absolute atomic E-state index is 0.480. The Hall–Kier alpha value is -1.53. The van der Waals surface area contributed by atoms with E-state index in [1.807, 2.05) is 12.1 Å². The van der Waals surface area contributed by atoms with Crippen molar-refractivity contribution in [1.29, 1.82) is 0 Å². The van der Waals surface area contributed by atoms with Crippen molar-refractivity contribution in [2.24, 2.45) is 10.9 Å². The molecule has 0 bridgehead atoms. The second-order valence-electron chi connectivity index (χ2n) is 7.52. The molecule has 6 nitrogen and oxygen atoms in total. The molecular weight excluding hydrogens is 328 g/mol. The van der Waals surface area contributed by atoms with E-state index < -0.39 is 0 Å². The van der Waals surface area contributed by atoms with E-state index in [0.717, 1.165) is 37.1 Å². The van der Waals surface area contributed by atoms with Gasteiger partial charge >= 0.3 is 0 Å². The third-order valence-electron chi connectivity index (χ3n) is 5.41. The quantitative estimate of drug-likeness (QED) is 0.401. The summed E-state index contributed by atoms with van der Waals surface area (Å²) in [5.41, 5.74) is 0. The van der Waals surface area contributed by atoms with E-state index in [1.165, 1.54) is 45.2 Å². The highest BCUT2D eigenvalue weighted by atomic mass is 16.5. The van der Waals surface area contributed by atoms with Crippen LogP contribution in [-0.2, 0) is 11.2 Å². The normalized spacial score (nSPS) is 22.2. The van der Waals surface area contributed by atoms with Crippen LogP contribution < -0.4 is 10.6 Å².